The predicted octanol–water partition coefficient (Wildman–Crippen LogP) is 2.01. The Hall–Kier alpha value is -2.56. The quantitative estimate of drug-likeness (QED) is 0.808. The molecule has 0 fully saturated rings. The van der Waals surface area contributed by atoms with Gasteiger partial charge in [-0.15, -0.1) is 0 Å². The summed E-state index contributed by atoms with van der Waals surface area (Å²) in [5.41, 5.74) is 1.06. The number of likely N-dealkylation sites (N-methyl/N-ethyl adjacent to an activating group) is 1. The monoisotopic (exact) mass is 286 g/mol. The third-order valence-electron chi connectivity index (χ3n) is 3.15. The highest BCUT2D eigenvalue weighted by Crippen LogP contribution is 2.21. The number of benzene rings is 1. The Bertz CT molecular complexity index is 632. The van der Waals surface area contributed by atoms with Crippen LogP contribution in [-0.4, -0.2) is 35.4 Å². The van der Waals surface area contributed by atoms with Crippen molar-refractivity contribution in [3.63, 3.8) is 0 Å². The van der Waals surface area contributed by atoms with Gasteiger partial charge >= 0.3 is 5.97 Å². The highest BCUT2D eigenvalue weighted by atomic mass is 16.5. The molecule has 21 heavy (non-hydrogen) atoms. The van der Waals surface area contributed by atoms with Crippen molar-refractivity contribution >= 4 is 11.9 Å². The molecule has 2 aromatic rings. The first-order valence-corrected chi connectivity index (χ1v) is 6.59. The van der Waals surface area contributed by atoms with E-state index in [1.807, 2.05) is 18.2 Å². The van der Waals surface area contributed by atoms with Crippen LogP contribution in [0.25, 0.3) is 0 Å². The number of aryl methyl sites for hydroxylation is 1. The predicted molar refractivity (Wildman–Crippen MR) is 78.7 cm³/mol. The van der Waals surface area contributed by atoms with E-state index in [-0.39, 0.29) is 5.91 Å². The molecule has 0 N–H and O–H groups in total. The summed E-state index contributed by atoms with van der Waals surface area (Å²) in [7, 11) is 5.02. The van der Waals surface area contributed by atoms with Gasteiger partial charge in [-0.05, 0) is 12.1 Å². The molecule has 1 amide bonds. The molecule has 0 spiro atoms. The summed E-state index contributed by atoms with van der Waals surface area (Å²) in [6.45, 7) is 0. The SMILES string of the molecule is CN(C)C(=O)[C@@H](OC(=O)c1cccn1C)c1ccccc1. The topological polar surface area (TPSA) is 51.5 Å². The zero-order valence-corrected chi connectivity index (χ0v) is 12.3. The minimum atomic E-state index is -0.941. The van der Waals surface area contributed by atoms with Crippen LogP contribution in [0, 0.1) is 0 Å². The first kappa shape index (κ1) is 14.8. The molecule has 0 aliphatic heterocycles. The number of amides is 1. The number of hydrogen-bond acceptors (Lipinski definition) is 3. The van der Waals surface area contributed by atoms with Crippen LogP contribution in [0.15, 0.2) is 48.7 Å². The summed E-state index contributed by atoms with van der Waals surface area (Å²) in [5.74, 6) is -0.796. The van der Waals surface area contributed by atoms with Crippen LogP contribution < -0.4 is 0 Å². The van der Waals surface area contributed by atoms with Crippen molar-refractivity contribution < 1.29 is 14.3 Å². The molecular weight excluding hydrogens is 268 g/mol. The second-order valence-corrected chi connectivity index (χ2v) is 4.93. The number of nitrogens with zero attached hydrogens (tertiary/aromatic N) is 2. The van der Waals surface area contributed by atoms with Crippen LogP contribution in [-0.2, 0) is 16.6 Å². The molecule has 0 unspecified atom stereocenters. The lowest BCUT2D eigenvalue weighted by atomic mass is 10.1. The van der Waals surface area contributed by atoms with Crippen molar-refractivity contribution in [2.24, 2.45) is 7.05 Å². The number of esters is 1. The van der Waals surface area contributed by atoms with Crippen molar-refractivity contribution in [2.45, 2.75) is 6.10 Å². The number of hydrogen-bond donors (Lipinski definition) is 0. The summed E-state index contributed by atoms with van der Waals surface area (Å²) >= 11 is 0. The zero-order chi connectivity index (χ0) is 15.4. The molecule has 0 radical (unpaired) electrons. The van der Waals surface area contributed by atoms with Crippen LogP contribution in [0.3, 0.4) is 0 Å². The van der Waals surface area contributed by atoms with E-state index < -0.39 is 12.1 Å². The summed E-state index contributed by atoms with van der Waals surface area (Å²) in [5, 5.41) is 0. The Morgan fingerprint density at radius 1 is 1.10 bits per heavy atom. The minimum absolute atomic E-state index is 0.274. The van der Waals surface area contributed by atoms with E-state index in [9.17, 15) is 9.59 Å². The highest BCUT2D eigenvalue weighted by Gasteiger charge is 2.27. The van der Waals surface area contributed by atoms with E-state index in [1.54, 1.807) is 56.2 Å². The highest BCUT2D eigenvalue weighted by molar-refractivity contribution is 5.91. The number of carbonyl (C=O) groups excluding carboxylic acids is 2. The number of rotatable bonds is 4. The first-order chi connectivity index (χ1) is 10.0. The van der Waals surface area contributed by atoms with Crippen molar-refractivity contribution in [3.8, 4) is 0 Å². The first-order valence-electron chi connectivity index (χ1n) is 6.59. The largest absolute Gasteiger partial charge is 0.443 e. The normalized spacial score (nSPS) is 11.8. The van der Waals surface area contributed by atoms with Gasteiger partial charge < -0.3 is 14.2 Å². The van der Waals surface area contributed by atoms with Crippen LogP contribution in [0.2, 0.25) is 0 Å². The van der Waals surface area contributed by atoms with Crippen molar-refractivity contribution in [1.82, 2.24) is 9.47 Å². The fourth-order valence-corrected chi connectivity index (χ4v) is 1.96. The van der Waals surface area contributed by atoms with E-state index >= 15 is 0 Å². The molecule has 1 atom stereocenters. The lowest BCUT2D eigenvalue weighted by Crippen LogP contribution is -2.31. The maximum atomic E-state index is 12.3. The summed E-state index contributed by atoms with van der Waals surface area (Å²) in [6.07, 6.45) is 0.811. The van der Waals surface area contributed by atoms with Gasteiger partial charge in [-0.2, -0.15) is 0 Å². The molecule has 0 aliphatic rings. The second kappa shape index (κ2) is 6.26. The number of carbonyl (C=O) groups is 2. The Morgan fingerprint density at radius 2 is 1.76 bits per heavy atom. The third-order valence-corrected chi connectivity index (χ3v) is 3.15. The smallest absolute Gasteiger partial charge is 0.356 e. The Morgan fingerprint density at radius 3 is 2.29 bits per heavy atom. The van der Waals surface area contributed by atoms with Gasteiger partial charge in [0.2, 0.25) is 6.10 Å². The molecule has 0 bridgehead atoms. The van der Waals surface area contributed by atoms with E-state index in [4.69, 9.17) is 4.74 Å². The summed E-state index contributed by atoms with van der Waals surface area (Å²) in [6, 6.07) is 12.4. The van der Waals surface area contributed by atoms with Gasteiger partial charge in [-0.3, -0.25) is 4.79 Å². The zero-order valence-electron chi connectivity index (χ0n) is 12.3. The van der Waals surface area contributed by atoms with Gasteiger partial charge in [0, 0.05) is 32.9 Å². The van der Waals surface area contributed by atoms with Crippen LogP contribution in [0.4, 0.5) is 0 Å². The standard InChI is InChI=1S/C16H18N2O3/c1-17(2)15(19)14(12-8-5-4-6-9-12)21-16(20)13-10-7-11-18(13)3/h4-11,14H,1-3H3/t14-/m0/s1. The fourth-order valence-electron chi connectivity index (χ4n) is 1.96. The van der Waals surface area contributed by atoms with E-state index in [2.05, 4.69) is 0 Å². The summed E-state index contributed by atoms with van der Waals surface area (Å²) in [4.78, 5) is 25.9. The molecule has 5 nitrogen and oxygen atoms in total. The average Bonchev–Trinajstić information content (AvgIpc) is 2.91. The number of ether oxygens (including phenoxy) is 1. The molecule has 5 heteroatoms. The van der Waals surface area contributed by atoms with Crippen LogP contribution in [0.1, 0.15) is 22.2 Å². The third kappa shape index (κ3) is 3.31. The Kier molecular flexibility index (Phi) is 4.42. The molecule has 2 rings (SSSR count). The molecule has 0 aliphatic carbocycles. The maximum absolute atomic E-state index is 12.3. The molecule has 1 aromatic heterocycles. The summed E-state index contributed by atoms with van der Waals surface area (Å²) < 4.78 is 7.09. The van der Waals surface area contributed by atoms with Crippen LogP contribution in [0.5, 0.6) is 0 Å². The maximum Gasteiger partial charge on any atom is 0.356 e. The van der Waals surface area contributed by atoms with Gasteiger partial charge in [0.1, 0.15) is 5.69 Å². The molecular formula is C16H18N2O3. The van der Waals surface area contributed by atoms with Crippen molar-refractivity contribution in [3.05, 3.63) is 59.9 Å². The molecule has 110 valence electrons. The van der Waals surface area contributed by atoms with Crippen molar-refractivity contribution in [2.75, 3.05) is 14.1 Å². The minimum Gasteiger partial charge on any atom is -0.443 e. The fraction of sp³-hybridized carbons (Fsp3) is 0.250. The Labute approximate surface area is 123 Å². The van der Waals surface area contributed by atoms with E-state index in [1.165, 1.54) is 4.90 Å². The van der Waals surface area contributed by atoms with Gasteiger partial charge in [-0.25, -0.2) is 4.79 Å². The second-order valence-electron chi connectivity index (χ2n) is 4.93. The molecule has 0 saturated carbocycles. The Balaban J connectivity index is 2.27. The molecule has 1 heterocycles. The van der Waals surface area contributed by atoms with Crippen LogP contribution >= 0.6 is 0 Å². The van der Waals surface area contributed by atoms with Crippen molar-refractivity contribution in [1.29, 1.82) is 0 Å². The van der Waals surface area contributed by atoms with E-state index in [0.29, 0.717) is 11.3 Å². The molecule has 1 aromatic carbocycles. The van der Waals surface area contributed by atoms with Gasteiger partial charge in [0.15, 0.2) is 0 Å². The number of aromatic nitrogens is 1. The van der Waals surface area contributed by atoms with Gasteiger partial charge in [0.25, 0.3) is 5.91 Å². The van der Waals surface area contributed by atoms with Gasteiger partial charge in [0.05, 0.1) is 0 Å². The average molecular weight is 286 g/mol. The molecule has 0 saturated heterocycles. The lowest BCUT2D eigenvalue weighted by molar-refractivity contribution is -0.138. The van der Waals surface area contributed by atoms with E-state index in [0.717, 1.165) is 0 Å². The van der Waals surface area contributed by atoms with Gasteiger partial charge in [-0.1, -0.05) is 30.3 Å². The lowest BCUT2D eigenvalue weighted by Gasteiger charge is -2.21.